The number of rotatable bonds is 5. The molecule has 0 saturated carbocycles. The number of ether oxygens (including phenoxy) is 3. The summed E-state index contributed by atoms with van der Waals surface area (Å²) in [6.45, 7) is 2.90. The van der Waals surface area contributed by atoms with Crippen LogP contribution in [0.15, 0.2) is 71.7 Å². The average molecular weight is 459 g/mol. The van der Waals surface area contributed by atoms with Gasteiger partial charge in [-0.3, -0.25) is 14.6 Å². The van der Waals surface area contributed by atoms with Gasteiger partial charge in [-0.05, 0) is 30.3 Å². The molecule has 1 unspecified atom stereocenters. The van der Waals surface area contributed by atoms with Crippen LogP contribution < -0.4 is 19.1 Å². The van der Waals surface area contributed by atoms with Crippen LogP contribution in [0, 0.1) is 0 Å². The third-order valence-corrected chi connectivity index (χ3v) is 5.68. The highest BCUT2D eigenvalue weighted by molar-refractivity contribution is 6.08. The molecule has 7 nitrogen and oxygen atoms in total. The van der Waals surface area contributed by atoms with Gasteiger partial charge in [0.1, 0.15) is 5.75 Å². The number of benzene rings is 3. The number of methoxy groups -OCH3 is 2. The van der Waals surface area contributed by atoms with Gasteiger partial charge in [-0.25, -0.2) is 0 Å². The molecule has 3 aromatic rings. The van der Waals surface area contributed by atoms with Gasteiger partial charge in [-0.2, -0.15) is 0 Å². The average Bonchev–Trinajstić information content (AvgIpc) is 3.00. The Labute approximate surface area is 198 Å². The van der Waals surface area contributed by atoms with Crippen molar-refractivity contribution in [2.45, 2.75) is 26.3 Å². The first-order valence-corrected chi connectivity index (χ1v) is 10.9. The number of carbonyl (C=O) groups is 2. The number of esters is 1. The molecular formula is C27H26N2O5. The number of anilines is 1. The Hall–Kier alpha value is -4.13. The first-order chi connectivity index (χ1) is 16.4. The highest BCUT2D eigenvalue weighted by Crippen LogP contribution is 2.45. The van der Waals surface area contributed by atoms with E-state index >= 15 is 0 Å². The van der Waals surface area contributed by atoms with E-state index in [1.807, 2.05) is 54.6 Å². The van der Waals surface area contributed by atoms with Crippen LogP contribution in [0.4, 0.5) is 11.4 Å². The fourth-order valence-corrected chi connectivity index (χ4v) is 4.33. The van der Waals surface area contributed by atoms with Crippen molar-refractivity contribution in [1.82, 2.24) is 0 Å². The molecule has 0 bridgehead atoms. The molecule has 0 saturated heterocycles. The van der Waals surface area contributed by atoms with E-state index in [1.54, 1.807) is 31.3 Å². The van der Waals surface area contributed by atoms with Crippen LogP contribution in [0.1, 0.15) is 37.4 Å². The lowest BCUT2D eigenvalue weighted by atomic mass is 9.94. The Bertz CT molecular complexity index is 1270. The molecule has 4 rings (SSSR count). The standard InChI is InChI=1S/C27H26N2O5/c1-17(30)29-23-13-7-6-12-21(23)28-22(19-10-5-8-14-25(19)34-18(2)31)16-24(29)20-11-9-15-26(32-3)27(20)33-4/h5-15,24H,16H2,1-4H3. The summed E-state index contributed by atoms with van der Waals surface area (Å²) in [4.78, 5) is 31.5. The van der Waals surface area contributed by atoms with Gasteiger partial charge >= 0.3 is 5.97 Å². The van der Waals surface area contributed by atoms with E-state index in [2.05, 4.69) is 0 Å². The minimum atomic E-state index is -0.449. The molecular weight excluding hydrogens is 432 g/mol. The summed E-state index contributed by atoms with van der Waals surface area (Å²) in [5.74, 6) is 0.984. The van der Waals surface area contributed by atoms with Gasteiger partial charge < -0.3 is 19.1 Å². The molecule has 0 fully saturated rings. The number of carbonyl (C=O) groups excluding carboxylic acids is 2. The van der Waals surface area contributed by atoms with Gasteiger partial charge in [0.15, 0.2) is 11.5 Å². The monoisotopic (exact) mass is 458 g/mol. The number of nitrogens with zero attached hydrogens (tertiary/aromatic N) is 2. The minimum absolute atomic E-state index is 0.132. The Kier molecular flexibility index (Phi) is 6.63. The predicted molar refractivity (Wildman–Crippen MR) is 130 cm³/mol. The van der Waals surface area contributed by atoms with Crippen molar-refractivity contribution in [3.8, 4) is 17.2 Å². The molecule has 0 N–H and O–H groups in total. The maximum Gasteiger partial charge on any atom is 0.308 e. The van der Waals surface area contributed by atoms with Gasteiger partial charge in [0.05, 0.1) is 37.3 Å². The summed E-state index contributed by atoms with van der Waals surface area (Å²) in [6.07, 6.45) is 0.357. The van der Waals surface area contributed by atoms with Crippen LogP contribution in [0.3, 0.4) is 0 Å². The largest absolute Gasteiger partial charge is 0.493 e. The van der Waals surface area contributed by atoms with E-state index < -0.39 is 12.0 Å². The zero-order valence-corrected chi connectivity index (χ0v) is 19.6. The van der Waals surface area contributed by atoms with E-state index in [9.17, 15) is 9.59 Å². The van der Waals surface area contributed by atoms with Crippen LogP contribution in [-0.2, 0) is 9.59 Å². The maximum absolute atomic E-state index is 13.0. The van der Waals surface area contributed by atoms with Gasteiger partial charge in [0.25, 0.3) is 0 Å². The van der Waals surface area contributed by atoms with Crippen molar-refractivity contribution in [1.29, 1.82) is 0 Å². The molecule has 1 heterocycles. The van der Waals surface area contributed by atoms with Gasteiger partial charge in [-0.15, -0.1) is 0 Å². The second-order valence-corrected chi connectivity index (χ2v) is 7.83. The highest BCUT2D eigenvalue weighted by atomic mass is 16.5. The summed E-state index contributed by atoms with van der Waals surface area (Å²) in [6, 6.07) is 19.9. The Morgan fingerprint density at radius 2 is 1.59 bits per heavy atom. The topological polar surface area (TPSA) is 77.4 Å². The highest BCUT2D eigenvalue weighted by Gasteiger charge is 2.34. The smallest absolute Gasteiger partial charge is 0.308 e. The molecule has 174 valence electrons. The quantitative estimate of drug-likeness (QED) is 0.386. The Balaban J connectivity index is 1.96. The molecule has 1 aliphatic heterocycles. The summed E-state index contributed by atoms with van der Waals surface area (Å²) in [5.41, 5.74) is 3.48. The predicted octanol–water partition coefficient (Wildman–Crippen LogP) is 5.25. The molecule has 3 aromatic carbocycles. The van der Waals surface area contributed by atoms with Crippen molar-refractivity contribution >= 4 is 29.0 Å². The Morgan fingerprint density at radius 1 is 0.882 bits per heavy atom. The summed E-state index contributed by atoms with van der Waals surface area (Å²) >= 11 is 0. The number of fused-ring (bicyclic) bond motifs is 1. The van der Waals surface area contributed by atoms with Crippen molar-refractivity contribution in [2.24, 2.45) is 4.99 Å². The normalized spacial score (nSPS) is 15.0. The zero-order valence-electron chi connectivity index (χ0n) is 19.6. The second kappa shape index (κ2) is 9.79. The molecule has 7 heteroatoms. The van der Waals surface area contributed by atoms with Crippen LogP contribution >= 0.6 is 0 Å². The third kappa shape index (κ3) is 4.37. The fourth-order valence-electron chi connectivity index (χ4n) is 4.33. The Morgan fingerprint density at radius 3 is 2.29 bits per heavy atom. The van der Waals surface area contributed by atoms with Crippen molar-refractivity contribution < 1.29 is 23.8 Å². The molecule has 0 aliphatic carbocycles. The van der Waals surface area contributed by atoms with Crippen molar-refractivity contribution in [2.75, 3.05) is 19.1 Å². The number of amides is 1. The number of hydrogen-bond acceptors (Lipinski definition) is 6. The van der Waals surface area contributed by atoms with Crippen LogP contribution in [0.25, 0.3) is 0 Å². The van der Waals surface area contributed by atoms with E-state index in [4.69, 9.17) is 19.2 Å². The number of para-hydroxylation sites is 4. The van der Waals surface area contributed by atoms with Crippen molar-refractivity contribution in [3.05, 3.63) is 77.9 Å². The van der Waals surface area contributed by atoms with E-state index in [-0.39, 0.29) is 5.91 Å². The summed E-state index contributed by atoms with van der Waals surface area (Å²) < 4.78 is 16.7. The lowest BCUT2D eigenvalue weighted by Gasteiger charge is -2.32. The maximum atomic E-state index is 13.0. The number of hydrogen-bond donors (Lipinski definition) is 0. The second-order valence-electron chi connectivity index (χ2n) is 7.83. The number of aliphatic imine (C=N–C) groups is 1. The summed E-state index contributed by atoms with van der Waals surface area (Å²) in [5, 5.41) is 0. The lowest BCUT2D eigenvalue weighted by molar-refractivity contribution is -0.131. The minimum Gasteiger partial charge on any atom is -0.493 e. The lowest BCUT2D eigenvalue weighted by Crippen LogP contribution is -2.34. The summed E-state index contributed by atoms with van der Waals surface area (Å²) in [7, 11) is 3.16. The zero-order chi connectivity index (χ0) is 24.2. The van der Waals surface area contributed by atoms with E-state index in [0.717, 1.165) is 5.56 Å². The van der Waals surface area contributed by atoms with Crippen LogP contribution in [0.2, 0.25) is 0 Å². The van der Waals surface area contributed by atoms with E-state index in [1.165, 1.54) is 13.8 Å². The SMILES string of the molecule is COc1cccc(C2CC(c3ccccc3OC(C)=O)=Nc3ccccc3N2C(C)=O)c1OC. The molecule has 0 radical (unpaired) electrons. The van der Waals surface area contributed by atoms with E-state index in [0.29, 0.717) is 46.3 Å². The molecule has 0 aromatic heterocycles. The van der Waals surface area contributed by atoms with Crippen LogP contribution in [-0.4, -0.2) is 31.8 Å². The van der Waals surface area contributed by atoms with Gasteiger partial charge in [0.2, 0.25) is 5.91 Å². The first-order valence-electron chi connectivity index (χ1n) is 10.9. The first kappa shape index (κ1) is 23.0. The van der Waals surface area contributed by atoms with Gasteiger partial charge in [-0.1, -0.05) is 36.4 Å². The molecule has 1 aliphatic rings. The van der Waals surface area contributed by atoms with Gasteiger partial charge in [0, 0.05) is 31.4 Å². The molecule has 1 atom stereocenters. The van der Waals surface area contributed by atoms with Crippen LogP contribution in [0.5, 0.6) is 17.2 Å². The fraction of sp³-hybridized carbons (Fsp3) is 0.222. The molecule has 1 amide bonds. The van der Waals surface area contributed by atoms with Crippen molar-refractivity contribution in [3.63, 3.8) is 0 Å². The third-order valence-electron chi connectivity index (χ3n) is 5.68. The molecule has 34 heavy (non-hydrogen) atoms. The molecule has 0 spiro atoms.